The average Bonchev–Trinajstić information content (AvgIpc) is 2.88. The van der Waals surface area contributed by atoms with Gasteiger partial charge in [-0.15, -0.1) is 0 Å². The van der Waals surface area contributed by atoms with Gasteiger partial charge < -0.3 is 20.5 Å². The molecule has 1 aromatic rings. The summed E-state index contributed by atoms with van der Waals surface area (Å²) in [5, 5.41) is 15.2. The minimum Gasteiger partial charge on any atom is -0.494 e. The zero-order valence-corrected chi connectivity index (χ0v) is 11.8. The van der Waals surface area contributed by atoms with Crippen LogP contribution in [0.5, 0.6) is 5.75 Å². The summed E-state index contributed by atoms with van der Waals surface area (Å²) in [6.07, 6.45) is 3.74. The maximum Gasteiger partial charge on any atom is 0.319 e. The number of urea groups is 1. The Kier molecular flexibility index (Phi) is 4.84. The second-order valence-electron chi connectivity index (χ2n) is 5.19. The summed E-state index contributed by atoms with van der Waals surface area (Å²) in [5.74, 6) is 0.725. The van der Waals surface area contributed by atoms with Gasteiger partial charge in [0, 0.05) is 11.8 Å². The van der Waals surface area contributed by atoms with Crippen LogP contribution in [0.15, 0.2) is 24.3 Å². The highest BCUT2D eigenvalue weighted by molar-refractivity contribution is 5.90. The van der Waals surface area contributed by atoms with Crippen LogP contribution in [-0.2, 0) is 0 Å². The molecule has 0 spiro atoms. The summed E-state index contributed by atoms with van der Waals surface area (Å²) in [6, 6.07) is 6.98. The smallest absolute Gasteiger partial charge is 0.319 e. The van der Waals surface area contributed by atoms with Gasteiger partial charge in [-0.05, 0) is 31.9 Å². The van der Waals surface area contributed by atoms with Gasteiger partial charge >= 0.3 is 6.03 Å². The molecule has 5 nitrogen and oxygen atoms in total. The molecular weight excluding hydrogens is 256 g/mol. The third-order valence-corrected chi connectivity index (χ3v) is 3.64. The molecule has 0 bridgehead atoms. The number of carbonyl (C=O) groups is 1. The van der Waals surface area contributed by atoms with Gasteiger partial charge in [0.15, 0.2) is 0 Å². The molecule has 3 N–H and O–H groups in total. The van der Waals surface area contributed by atoms with Crippen LogP contribution in [0.4, 0.5) is 10.5 Å². The van der Waals surface area contributed by atoms with Crippen LogP contribution < -0.4 is 15.4 Å². The number of nitrogens with one attached hydrogen (secondary N) is 2. The van der Waals surface area contributed by atoms with E-state index in [1.54, 1.807) is 6.07 Å². The van der Waals surface area contributed by atoms with Crippen LogP contribution in [0.25, 0.3) is 0 Å². The van der Waals surface area contributed by atoms with E-state index >= 15 is 0 Å². The minimum absolute atomic E-state index is 0.0145. The van der Waals surface area contributed by atoms with Crippen molar-refractivity contribution < 1.29 is 14.6 Å². The van der Waals surface area contributed by atoms with Crippen molar-refractivity contribution in [3.05, 3.63) is 24.3 Å². The van der Waals surface area contributed by atoms with E-state index in [9.17, 15) is 9.90 Å². The zero-order valence-electron chi connectivity index (χ0n) is 11.8. The van der Waals surface area contributed by atoms with Crippen molar-refractivity contribution in [1.29, 1.82) is 0 Å². The van der Waals surface area contributed by atoms with Crippen LogP contribution >= 0.6 is 0 Å². The van der Waals surface area contributed by atoms with E-state index in [1.165, 1.54) is 0 Å². The molecule has 0 radical (unpaired) electrons. The molecule has 20 heavy (non-hydrogen) atoms. The summed E-state index contributed by atoms with van der Waals surface area (Å²) in [4.78, 5) is 12.0. The maximum atomic E-state index is 12.0. The van der Waals surface area contributed by atoms with Crippen molar-refractivity contribution in [2.24, 2.45) is 0 Å². The average molecular weight is 278 g/mol. The minimum atomic E-state index is -0.457. The Morgan fingerprint density at radius 2 is 2.15 bits per heavy atom. The molecule has 0 atom stereocenters. The molecular formula is C15H22N2O3. The lowest BCUT2D eigenvalue weighted by atomic mass is 9.99. The molecule has 1 fully saturated rings. The Bertz CT molecular complexity index is 456. The molecule has 5 heteroatoms. The first-order valence-corrected chi connectivity index (χ1v) is 7.10. The number of carbonyl (C=O) groups excluding carboxylic acids is 1. The van der Waals surface area contributed by atoms with Crippen molar-refractivity contribution in [3.8, 4) is 5.75 Å². The van der Waals surface area contributed by atoms with E-state index < -0.39 is 5.54 Å². The lowest BCUT2D eigenvalue weighted by molar-refractivity contribution is 0.167. The predicted molar refractivity (Wildman–Crippen MR) is 78.1 cm³/mol. The Morgan fingerprint density at radius 3 is 2.80 bits per heavy atom. The number of amides is 2. The van der Waals surface area contributed by atoms with Crippen molar-refractivity contribution >= 4 is 11.7 Å². The number of aliphatic hydroxyl groups excluding tert-OH is 1. The van der Waals surface area contributed by atoms with Crippen LogP contribution in [0.3, 0.4) is 0 Å². The highest BCUT2D eigenvalue weighted by atomic mass is 16.5. The van der Waals surface area contributed by atoms with E-state index in [2.05, 4.69) is 10.6 Å². The molecule has 1 aromatic carbocycles. The Balaban J connectivity index is 1.95. The quantitative estimate of drug-likeness (QED) is 0.775. The molecule has 1 saturated carbocycles. The van der Waals surface area contributed by atoms with Gasteiger partial charge in [0.2, 0.25) is 0 Å². The first-order chi connectivity index (χ1) is 9.67. The molecule has 0 unspecified atom stereocenters. The highest BCUT2D eigenvalue weighted by Crippen LogP contribution is 2.29. The fraction of sp³-hybridized carbons (Fsp3) is 0.533. The lowest BCUT2D eigenvalue weighted by Crippen LogP contribution is -2.50. The number of anilines is 1. The SMILES string of the molecule is CCOc1cccc(NC(=O)NC2(CO)CCCC2)c1. The molecule has 1 aliphatic carbocycles. The van der Waals surface area contributed by atoms with Crippen LogP contribution in [0, 0.1) is 0 Å². The third kappa shape index (κ3) is 3.63. The van der Waals surface area contributed by atoms with Gasteiger partial charge in [-0.25, -0.2) is 4.79 Å². The van der Waals surface area contributed by atoms with E-state index in [4.69, 9.17) is 4.74 Å². The fourth-order valence-corrected chi connectivity index (χ4v) is 2.61. The number of hydrogen-bond acceptors (Lipinski definition) is 3. The largest absolute Gasteiger partial charge is 0.494 e. The van der Waals surface area contributed by atoms with E-state index in [0.717, 1.165) is 31.4 Å². The van der Waals surface area contributed by atoms with Crippen LogP contribution in [0.1, 0.15) is 32.6 Å². The second kappa shape index (κ2) is 6.61. The summed E-state index contributed by atoms with van der Waals surface area (Å²) in [5.41, 5.74) is 0.223. The zero-order chi connectivity index (χ0) is 14.4. The fourth-order valence-electron chi connectivity index (χ4n) is 2.61. The molecule has 0 aromatic heterocycles. The Hall–Kier alpha value is -1.75. The predicted octanol–water partition coefficient (Wildman–Crippen LogP) is 2.51. The summed E-state index contributed by atoms with van der Waals surface area (Å²) < 4.78 is 5.39. The number of rotatable bonds is 5. The second-order valence-corrected chi connectivity index (χ2v) is 5.19. The van der Waals surface area contributed by atoms with Crippen molar-refractivity contribution in [3.63, 3.8) is 0 Å². The van der Waals surface area contributed by atoms with Gasteiger partial charge in [-0.1, -0.05) is 18.9 Å². The summed E-state index contributed by atoms with van der Waals surface area (Å²) >= 11 is 0. The summed E-state index contributed by atoms with van der Waals surface area (Å²) in [7, 11) is 0. The number of hydrogen-bond donors (Lipinski definition) is 3. The first-order valence-electron chi connectivity index (χ1n) is 7.10. The number of ether oxygens (including phenoxy) is 1. The van der Waals surface area contributed by atoms with E-state index in [0.29, 0.717) is 12.3 Å². The molecule has 0 saturated heterocycles. The standard InChI is InChI=1S/C15H22N2O3/c1-2-20-13-7-5-6-12(10-13)16-14(19)17-15(11-18)8-3-4-9-15/h5-7,10,18H,2-4,8-9,11H2,1H3,(H2,16,17,19). The Morgan fingerprint density at radius 1 is 1.40 bits per heavy atom. The van der Waals surface area contributed by atoms with Crippen LogP contribution in [-0.4, -0.2) is 29.9 Å². The van der Waals surface area contributed by atoms with E-state index in [1.807, 2.05) is 25.1 Å². The van der Waals surface area contributed by atoms with Gasteiger partial charge in [0.05, 0.1) is 18.8 Å². The van der Waals surface area contributed by atoms with Gasteiger partial charge in [0.25, 0.3) is 0 Å². The van der Waals surface area contributed by atoms with Crippen molar-refractivity contribution in [2.75, 3.05) is 18.5 Å². The van der Waals surface area contributed by atoms with Crippen molar-refractivity contribution in [1.82, 2.24) is 5.32 Å². The monoisotopic (exact) mass is 278 g/mol. The normalized spacial score (nSPS) is 16.7. The van der Waals surface area contributed by atoms with E-state index in [-0.39, 0.29) is 12.6 Å². The summed E-state index contributed by atoms with van der Waals surface area (Å²) in [6.45, 7) is 2.49. The lowest BCUT2D eigenvalue weighted by Gasteiger charge is -2.28. The number of benzene rings is 1. The maximum absolute atomic E-state index is 12.0. The topological polar surface area (TPSA) is 70.6 Å². The molecule has 0 heterocycles. The first kappa shape index (κ1) is 14.7. The van der Waals surface area contributed by atoms with Gasteiger partial charge in [0.1, 0.15) is 5.75 Å². The molecule has 2 amide bonds. The molecule has 110 valence electrons. The van der Waals surface area contributed by atoms with Gasteiger partial charge in [-0.2, -0.15) is 0 Å². The highest BCUT2D eigenvalue weighted by Gasteiger charge is 2.34. The molecule has 0 aliphatic heterocycles. The van der Waals surface area contributed by atoms with Crippen LogP contribution in [0.2, 0.25) is 0 Å². The molecule has 2 rings (SSSR count). The van der Waals surface area contributed by atoms with Gasteiger partial charge in [-0.3, -0.25) is 0 Å². The number of aliphatic hydroxyl groups is 1. The molecule has 1 aliphatic rings. The Labute approximate surface area is 119 Å². The third-order valence-electron chi connectivity index (χ3n) is 3.64. The van der Waals surface area contributed by atoms with Crippen molar-refractivity contribution in [2.45, 2.75) is 38.1 Å².